The Morgan fingerprint density at radius 3 is 2.31 bits per heavy atom. The number of likely N-dealkylation sites (N-methyl/N-ethyl adjacent to an activating group) is 1. The number of nitrogens with one attached hydrogen (secondary N) is 1. The molecular formula is C13H19ClN2. The minimum Gasteiger partial charge on any atom is -0.332 e. The molecule has 0 unspecified atom stereocenters. The van der Waals surface area contributed by atoms with E-state index in [1.54, 1.807) is 0 Å². The van der Waals surface area contributed by atoms with Crippen LogP contribution in [0.3, 0.4) is 0 Å². The third-order valence-corrected chi connectivity index (χ3v) is 3.78. The first-order valence-electron chi connectivity index (χ1n) is 5.59. The largest absolute Gasteiger partial charge is 0.332 e. The molecule has 0 amide bonds. The summed E-state index contributed by atoms with van der Waals surface area (Å²) in [6.07, 6.45) is 2.01. The molecule has 0 bridgehead atoms. The second-order valence-electron chi connectivity index (χ2n) is 4.21. The van der Waals surface area contributed by atoms with Gasteiger partial charge in [0.15, 0.2) is 0 Å². The number of fused-ring (bicyclic) bond motifs is 1. The summed E-state index contributed by atoms with van der Waals surface area (Å²) in [4.78, 5) is 2.02. The SMILES string of the molecule is CCC1(CC)C(=N)N(C)c2ccccc21.Cl. The number of anilines is 1. The van der Waals surface area contributed by atoms with Gasteiger partial charge in [-0.1, -0.05) is 32.0 Å². The molecule has 0 fully saturated rings. The van der Waals surface area contributed by atoms with Crippen LogP contribution in [0.25, 0.3) is 0 Å². The molecule has 16 heavy (non-hydrogen) atoms. The first-order valence-corrected chi connectivity index (χ1v) is 5.59. The zero-order chi connectivity index (χ0) is 11.1. The second-order valence-corrected chi connectivity index (χ2v) is 4.21. The van der Waals surface area contributed by atoms with Gasteiger partial charge in [0.1, 0.15) is 5.84 Å². The van der Waals surface area contributed by atoms with Gasteiger partial charge in [-0.2, -0.15) is 0 Å². The van der Waals surface area contributed by atoms with Crippen molar-refractivity contribution >= 4 is 23.9 Å². The zero-order valence-electron chi connectivity index (χ0n) is 10.1. The van der Waals surface area contributed by atoms with Crippen LogP contribution in [0.1, 0.15) is 32.3 Å². The Bertz CT molecular complexity index is 397. The first kappa shape index (κ1) is 13.0. The van der Waals surface area contributed by atoms with Crippen LogP contribution in [0, 0.1) is 5.41 Å². The molecule has 0 aromatic heterocycles. The van der Waals surface area contributed by atoms with Crippen molar-refractivity contribution in [1.82, 2.24) is 0 Å². The zero-order valence-corrected chi connectivity index (χ0v) is 10.9. The van der Waals surface area contributed by atoms with Gasteiger partial charge < -0.3 is 4.90 Å². The van der Waals surface area contributed by atoms with Crippen LogP contribution in [0.2, 0.25) is 0 Å². The molecule has 0 aliphatic carbocycles. The lowest BCUT2D eigenvalue weighted by molar-refractivity contribution is 0.540. The summed E-state index contributed by atoms with van der Waals surface area (Å²) in [5, 5.41) is 8.27. The third kappa shape index (κ3) is 1.44. The van der Waals surface area contributed by atoms with E-state index in [1.807, 2.05) is 18.0 Å². The van der Waals surface area contributed by atoms with Crippen molar-refractivity contribution < 1.29 is 0 Å². The molecule has 1 N–H and O–H groups in total. The molecule has 0 spiro atoms. The van der Waals surface area contributed by atoms with Gasteiger partial charge in [-0.15, -0.1) is 12.4 Å². The fraction of sp³-hybridized carbons (Fsp3) is 0.462. The van der Waals surface area contributed by atoms with Crippen LogP contribution < -0.4 is 4.90 Å². The van der Waals surface area contributed by atoms with E-state index in [9.17, 15) is 0 Å². The number of amidine groups is 1. The standard InChI is InChI=1S/C13H18N2.ClH/c1-4-13(5-2)10-8-6-7-9-11(10)15(3)12(13)14;/h6-9,14H,4-5H2,1-3H3;1H. The summed E-state index contributed by atoms with van der Waals surface area (Å²) in [5.74, 6) is 0.744. The van der Waals surface area contributed by atoms with Crippen molar-refractivity contribution in [1.29, 1.82) is 5.41 Å². The lowest BCUT2D eigenvalue weighted by Gasteiger charge is -2.27. The quantitative estimate of drug-likeness (QED) is 0.838. The molecular weight excluding hydrogens is 220 g/mol. The highest BCUT2D eigenvalue weighted by Gasteiger charge is 2.43. The Morgan fingerprint density at radius 1 is 1.19 bits per heavy atom. The van der Waals surface area contributed by atoms with Gasteiger partial charge in [0.25, 0.3) is 0 Å². The Morgan fingerprint density at radius 2 is 1.75 bits per heavy atom. The molecule has 1 aliphatic heterocycles. The summed E-state index contributed by atoms with van der Waals surface area (Å²) in [6.45, 7) is 4.35. The maximum atomic E-state index is 8.27. The molecule has 1 aromatic rings. The molecule has 0 saturated carbocycles. The number of benzene rings is 1. The molecule has 1 aliphatic rings. The van der Waals surface area contributed by atoms with Gasteiger partial charge in [0.2, 0.25) is 0 Å². The summed E-state index contributed by atoms with van der Waals surface area (Å²) in [6, 6.07) is 8.40. The maximum absolute atomic E-state index is 8.27. The average molecular weight is 239 g/mol. The van der Waals surface area contributed by atoms with Crippen molar-refractivity contribution in [2.24, 2.45) is 0 Å². The summed E-state index contributed by atoms with van der Waals surface area (Å²) < 4.78 is 0. The van der Waals surface area contributed by atoms with Gasteiger partial charge in [-0.25, -0.2) is 0 Å². The van der Waals surface area contributed by atoms with Crippen LogP contribution in [-0.2, 0) is 5.41 Å². The molecule has 2 nitrogen and oxygen atoms in total. The molecule has 2 rings (SSSR count). The van der Waals surface area contributed by atoms with Crippen molar-refractivity contribution in [3.8, 4) is 0 Å². The predicted molar refractivity (Wildman–Crippen MR) is 72.1 cm³/mol. The van der Waals surface area contributed by atoms with E-state index < -0.39 is 0 Å². The number of hydrogen-bond acceptors (Lipinski definition) is 1. The van der Waals surface area contributed by atoms with E-state index in [1.165, 1.54) is 11.3 Å². The van der Waals surface area contributed by atoms with E-state index in [4.69, 9.17) is 5.41 Å². The van der Waals surface area contributed by atoms with Gasteiger partial charge in [0, 0.05) is 12.7 Å². The number of rotatable bonds is 2. The molecule has 0 saturated heterocycles. The second kappa shape index (κ2) is 4.46. The molecule has 3 heteroatoms. The summed E-state index contributed by atoms with van der Waals surface area (Å²) in [7, 11) is 1.99. The Labute approximate surface area is 104 Å². The summed E-state index contributed by atoms with van der Waals surface area (Å²) in [5.41, 5.74) is 2.47. The topological polar surface area (TPSA) is 27.1 Å². The molecule has 1 aromatic carbocycles. The highest BCUT2D eigenvalue weighted by atomic mass is 35.5. The van der Waals surface area contributed by atoms with Crippen molar-refractivity contribution in [3.63, 3.8) is 0 Å². The third-order valence-electron chi connectivity index (χ3n) is 3.78. The highest BCUT2D eigenvalue weighted by molar-refractivity contribution is 6.09. The van der Waals surface area contributed by atoms with Crippen molar-refractivity contribution in [3.05, 3.63) is 29.8 Å². The van der Waals surface area contributed by atoms with E-state index in [2.05, 4.69) is 32.0 Å². The minimum absolute atomic E-state index is 0. The number of nitrogens with zero attached hydrogens (tertiary/aromatic N) is 1. The molecule has 0 atom stereocenters. The highest BCUT2D eigenvalue weighted by Crippen LogP contribution is 2.45. The van der Waals surface area contributed by atoms with Crippen molar-refractivity contribution in [2.75, 3.05) is 11.9 Å². The van der Waals surface area contributed by atoms with E-state index in [0.29, 0.717) is 0 Å². The number of hydrogen-bond donors (Lipinski definition) is 1. The Hall–Kier alpha value is -1.02. The first-order chi connectivity index (χ1) is 7.17. The van der Waals surface area contributed by atoms with Crippen LogP contribution in [0.15, 0.2) is 24.3 Å². The Balaban J connectivity index is 0.00000128. The van der Waals surface area contributed by atoms with E-state index in [-0.39, 0.29) is 17.8 Å². The van der Waals surface area contributed by atoms with Gasteiger partial charge in [-0.3, -0.25) is 5.41 Å². The lowest BCUT2D eigenvalue weighted by atomic mass is 9.77. The van der Waals surface area contributed by atoms with Gasteiger partial charge >= 0.3 is 0 Å². The minimum atomic E-state index is -0.0503. The van der Waals surface area contributed by atoms with E-state index >= 15 is 0 Å². The van der Waals surface area contributed by atoms with Gasteiger partial charge in [-0.05, 0) is 24.5 Å². The smallest absolute Gasteiger partial charge is 0.111 e. The molecule has 1 heterocycles. The molecule has 0 radical (unpaired) electrons. The van der Waals surface area contributed by atoms with E-state index in [0.717, 1.165) is 18.7 Å². The Kier molecular flexibility index (Phi) is 3.64. The molecule has 88 valence electrons. The normalized spacial score (nSPS) is 16.9. The van der Waals surface area contributed by atoms with Crippen LogP contribution in [-0.4, -0.2) is 12.9 Å². The number of halogens is 1. The lowest BCUT2D eigenvalue weighted by Crippen LogP contribution is -2.36. The average Bonchev–Trinajstić information content (AvgIpc) is 2.51. The monoisotopic (exact) mass is 238 g/mol. The van der Waals surface area contributed by atoms with Crippen LogP contribution in [0.5, 0.6) is 0 Å². The van der Waals surface area contributed by atoms with Crippen LogP contribution >= 0.6 is 12.4 Å². The maximum Gasteiger partial charge on any atom is 0.111 e. The fourth-order valence-corrected chi connectivity index (χ4v) is 2.71. The fourth-order valence-electron chi connectivity index (χ4n) is 2.71. The predicted octanol–water partition coefficient (Wildman–Crippen LogP) is 3.59. The van der Waals surface area contributed by atoms with Crippen LogP contribution in [0.4, 0.5) is 5.69 Å². The van der Waals surface area contributed by atoms with Gasteiger partial charge in [0.05, 0.1) is 5.41 Å². The summed E-state index contributed by atoms with van der Waals surface area (Å²) >= 11 is 0. The number of para-hydroxylation sites is 1. The van der Waals surface area contributed by atoms with Crippen molar-refractivity contribution in [2.45, 2.75) is 32.1 Å².